The molecule has 0 bridgehead atoms. The topological polar surface area (TPSA) is 69.0 Å². The summed E-state index contributed by atoms with van der Waals surface area (Å²) in [6.07, 6.45) is 2.01. The Morgan fingerprint density at radius 3 is 2.69 bits per heavy atom. The van der Waals surface area contributed by atoms with E-state index in [1.165, 1.54) is 17.3 Å². The van der Waals surface area contributed by atoms with Crippen molar-refractivity contribution in [3.8, 4) is 5.75 Å². The zero-order valence-electron chi connectivity index (χ0n) is 16.7. The van der Waals surface area contributed by atoms with Crippen molar-refractivity contribution < 1.29 is 9.53 Å². The molecule has 0 saturated carbocycles. The maximum atomic E-state index is 12.3. The monoisotopic (exact) mass is 428 g/mol. The Bertz CT molecular complexity index is 958. The van der Waals surface area contributed by atoms with Crippen molar-refractivity contribution in [1.29, 1.82) is 0 Å². The van der Waals surface area contributed by atoms with Crippen LogP contribution < -0.4 is 10.1 Å². The number of carbonyl (C=O) groups is 1. The summed E-state index contributed by atoms with van der Waals surface area (Å²) in [5.41, 5.74) is 1.98. The molecule has 0 aliphatic heterocycles. The number of ether oxygens (including phenoxy) is 1. The molecule has 1 aromatic heterocycles. The fraction of sp³-hybridized carbons (Fsp3) is 0.286. The predicted molar refractivity (Wildman–Crippen MR) is 119 cm³/mol. The fourth-order valence-electron chi connectivity index (χ4n) is 2.66. The van der Waals surface area contributed by atoms with E-state index in [-0.39, 0.29) is 11.7 Å². The summed E-state index contributed by atoms with van der Waals surface area (Å²) in [5.74, 6) is 1.72. The standard InChI is InChI=1S/C21H24N4O2S2/c1-4-25-19(13-27-17-10-8-15(2)9-11-17)23-24-21(25)29-14-20(26)22-16-6-5-7-18(12-16)28-3/h5-12H,4,13-14H2,1-3H3,(H,22,26). The van der Waals surface area contributed by atoms with Gasteiger partial charge in [0, 0.05) is 17.1 Å². The summed E-state index contributed by atoms with van der Waals surface area (Å²) in [5, 5.41) is 12.1. The van der Waals surface area contributed by atoms with Gasteiger partial charge in [-0.25, -0.2) is 0 Å². The second-order valence-corrected chi connectivity index (χ2v) is 8.14. The minimum absolute atomic E-state index is 0.0728. The van der Waals surface area contributed by atoms with E-state index in [1.54, 1.807) is 11.8 Å². The van der Waals surface area contributed by atoms with E-state index in [0.29, 0.717) is 18.3 Å². The van der Waals surface area contributed by atoms with Crippen LogP contribution in [0.1, 0.15) is 18.3 Å². The number of nitrogens with one attached hydrogen (secondary N) is 1. The van der Waals surface area contributed by atoms with E-state index >= 15 is 0 Å². The summed E-state index contributed by atoms with van der Waals surface area (Å²) in [6.45, 7) is 5.10. The number of thioether (sulfide) groups is 2. The molecule has 0 radical (unpaired) electrons. The lowest BCUT2D eigenvalue weighted by Crippen LogP contribution is -2.15. The van der Waals surface area contributed by atoms with E-state index in [1.807, 2.05) is 73.2 Å². The average molecular weight is 429 g/mol. The van der Waals surface area contributed by atoms with Gasteiger partial charge in [0.2, 0.25) is 5.91 Å². The highest BCUT2D eigenvalue weighted by Gasteiger charge is 2.14. The Morgan fingerprint density at radius 1 is 1.17 bits per heavy atom. The third kappa shape index (κ3) is 6.01. The second kappa shape index (κ2) is 10.4. The lowest BCUT2D eigenvalue weighted by molar-refractivity contribution is -0.113. The van der Waals surface area contributed by atoms with Crippen LogP contribution in [0.25, 0.3) is 0 Å². The minimum atomic E-state index is -0.0728. The highest BCUT2D eigenvalue weighted by atomic mass is 32.2. The normalized spacial score (nSPS) is 10.7. The summed E-state index contributed by atoms with van der Waals surface area (Å²) in [7, 11) is 0. The number of aromatic nitrogens is 3. The number of carbonyl (C=O) groups excluding carboxylic acids is 1. The van der Waals surface area contributed by atoms with Crippen LogP contribution in [-0.4, -0.2) is 32.7 Å². The van der Waals surface area contributed by atoms with Gasteiger partial charge in [-0.3, -0.25) is 4.79 Å². The molecule has 152 valence electrons. The molecule has 29 heavy (non-hydrogen) atoms. The Kier molecular flexibility index (Phi) is 7.60. The van der Waals surface area contributed by atoms with E-state index in [0.717, 1.165) is 22.2 Å². The number of aryl methyl sites for hydroxylation is 1. The summed E-state index contributed by atoms with van der Waals surface area (Å²) in [6, 6.07) is 15.7. The molecular weight excluding hydrogens is 404 g/mol. The molecule has 6 nitrogen and oxygen atoms in total. The van der Waals surface area contributed by atoms with E-state index < -0.39 is 0 Å². The number of nitrogens with zero attached hydrogens (tertiary/aromatic N) is 3. The molecule has 0 aliphatic rings. The molecule has 8 heteroatoms. The molecule has 0 aliphatic carbocycles. The van der Waals surface area contributed by atoms with Gasteiger partial charge in [-0.2, -0.15) is 0 Å². The largest absolute Gasteiger partial charge is 0.486 e. The first kappa shape index (κ1) is 21.3. The molecule has 1 amide bonds. The van der Waals surface area contributed by atoms with Gasteiger partial charge >= 0.3 is 0 Å². The van der Waals surface area contributed by atoms with Crippen LogP contribution >= 0.6 is 23.5 Å². The summed E-state index contributed by atoms with van der Waals surface area (Å²) < 4.78 is 7.79. The van der Waals surface area contributed by atoms with Crippen LogP contribution in [0.5, 0.6) is 5.75 Å². The van der Waals surface area contributed by atoms with Crippen LogP contribution in [0, 0.1) is 6.92 Å². The first-order valence-electron chi connectivity index (χ1n) is 9.27. The Morgan fingerprint density at radius 2 is 1.97 bits per heavy atom. The lowest BCUT2D eigenvalue weighted by atomic mass is 10.2. The Labute approximate surface area is 179 Å². The zero-order chi connectivity index (χ0) is 20.6. The number of amides is 1. The van der Waals surface area contributed by atoms with Crippen molar-refractivity contribution in [2.45, 2.75) is 37.1 Å². The van der Waals surface area contributed by atoms with Crippen LogP contribution in [0.2, 0.25) is 0 Å². The minimum Gasteiger partial charge on any atom is -0.486 e. The molecule has 0 atom stereocenters. The van der Waals surface area contributed by atoms with Gasteiger partial charge in [0.25, 0.3) is 0 Å². The van der Waals surface area contributed by atoms with Gasteiger partial charge in [0.1, 0.15) is 12.4 Å². The second-order valence-electron chi connectivity index (χ2n) is 6.31. The molecule has 1 heterocycles. The summed E-state index contributed by atoms with van der Waals surface area (Å²) in [4.78, 5) is 13.4. The van der Waals surface area contributed by atoms with Crippen molar-refractivity contribution in [3.05, 3.63) is 59.9 Å². The molecule has 0 fully saturated rings. The average Bonchev–Trinajstić information content (AvgIpc) is 3.13. The molecule has 0 unspecified atom stereocenters. The van der Waals surface area contributed by atoms with Gasteiger partial charge in [-0.1, -0.05) is 35.5 Å². The van der Waals surface area contributed by atoms with Gasteiger partial charge in [-0.15, -0.1) is 22.0 Å². The first-order valence-corrected chi connectivity index (χ1v) is 11.5. The van der Waals surface area contributed by atoms with Gasteiger partial charge in [0.05, 0.1) is 5.75 Å². The Balaban J connectivity index is 1.56. The third-order valence-electron chi connectivity index (χ3n) is 4.18. The van der Waals surface area contributed by atoms with Crippen LogP contribution in [-0.2, 0) is 17.9 Å². The van der Waals surface area contributed by atoms with Gasteiger partial charge in [0.15, 0.2) is 11.0 Å². The van der Waals surface area contributed by atoms with Crippen molar-refractivity contribution >= 4 is 35.1 Å². The number of hydrogen-bond acceptors (Lipinski definition) is 6. The van der Waals surface area contributed by atoms with Crippen LogP contribution in [0.3, 0.4) is 0 Å². The number of rotatable bonds is 9. The number of anilines is 1. The molecule has 1 N–H and O–H groups in total. The van der Waals surface area contributed by atoms with Crippen LogP contribution in [0.4, 0.5) is 5.69 Å². The van der Waals surface area contributed by atoms with Crippen molar-refractivity contribution in [2.75, 3.05) is 17.3 Å². The van der Waals surface area contributed by atoms with Crippen molar-refractivity contribution in [3.63, 3.8) is 0 Å². The lowest BCUT2D eigenvalue weighted by Gasteiger charge is -2.09. The van der Waals surface area contributed by atoms with Crippen LogP contribution in [0.15, 0.2) is 58.6 Å². The predicted octanol–water partition coefficient (Wildman–Crippen LogP) is 4.64. The maximum absolute atomic E-state index is 12.3. The first-order chi connectivity index (χ1) is 14.1. The van der Waals surface area contributed by atoms with E-state index in [4.69, 9.17) is 4.74 Å². The highest BCUT2D eigenvalue weighted by molar-refractivity contribution is 7.99. The quantitative estimate of drug-likeness (QED) is 0.501. The van der Waals surface area contributed by atoms with E-state index in [9.17, 15) is 4.79 Å². The van der Waals surface area contributed by atoms with E-state index in [2.05, 4.69) is 15.5 Å². The smallest absolute Gasteiger partial charge is 0.234 e. The number of benzene rings is 2. The Hall–Kier alpha value is -2.45. The van der Waals surface area contributed by atoms with Crippen molar-refractivity contribution in [2.24, 2.45) is 0 Å². The SMILES string of the molecule is CCn1c(COc2ccc(C)cc2)nnc1SCC(=O)Nc1cccc(SC)c1. The molecule has 0 spiro atoms. The third-order valence-corrected chi connectivity index (χ3v) is 5.88. The van der Waals surface area contributed by atoms with Crippen molar-refractivity contribution in [1.82, 2.24) is 14.8 Å². The zero-order valence-corrected chi connectivity index (χ0v) is 18.3. The summed E-state index contributed by atoms with van der Waals surface area (Å²) >= 11 is 3.01. The molecule has 3 aromatic rings. The van der Waals surface area contributed by atoms with Gasteiger partial charge < -0.3 is 14.6 Å². The number of hydrogen-bond donors (Lipinski definition) is 1. The molecule has 0 saturated heterocycles. The maximum Gasteiger partial charge on any atom is 0.234 e. The molecular formula is C21H24N4O2S2. The molecule has 2 aromatic carbocycles. The highest BCUT2D eigenvalue weighted by Crippen LogP contribution is 2.21. The van der Waals surface area contributed by atoms with Gasteiger partial charge in [-0.05, 0) is 50.4 Å². The molecule has 3 rings (SSSR count). The fourth-order valence-corrected chi connectivity index (χ4v) is 3.94.